The lowest BCUT2D eigenvalue weighted by molar-refractivity contribution is -0.132. The van der Waals surface area contributed by atoms with Gasteiger partial charge in [0.05, 0.1) is 37.5 Å². The lowest BCUT2D eigenvalue weighted by Crippen LogP contribution is -2.01. The largest absolute Gasteiger partial charge is 0.427 e. The minimum Gasteiger partial charge on any atom is -0.427 e. The molecule has 0 atom stereocenters. The second kappa shape index (κ2) is 11.1. The third-order valence-electron chi connectivity index (χ3n) is 6.51. The van der Waals surface area contributed by atoms with Crippen LogP contribution in [0.2, 0.25) is 0 Å². The maximum atomic E-state index is 11.4. The van der Waals surface area contributed by atoms with Gasteiger partial charge in [-0.1, -0.05) is 0 Å². The molecule has 0 radical (unpaired) electrons. The van der Waals surface area contributed by atoms with Crippen LogP contribution < -0.4 is 9.47 Å². The van der Waals surface area contributed by atoms with Crippen LogP contribution in [0.5, 0.6) is 11.5 Å². The first-order valence-corrected chi connectivity index (χ1v) is 18.7. The van der Waals surface area contributed by atoms with Crippen molar-refractivity contribution in [1.82, 2.24) is 0 Å². The highest BCUT2D eigenvalue weighted by atomic mass is 79.9. The first kappa shape index (κ1) is 29.1. The molecule has 0 aliphatic rings. The second-order valence-corrected chi connectivity index (χ2v) is 16.8. The van der Waals surface area contributed by atoms with Gasteiger partial charge in [-0.2, -0.15) is 0 Å². The van der Waals surface area contributed by atoms with Gasteiger partial charge in [0, 0.05) is 54.1 Å². The van der Waals surface area contributed by atoms with Crippen molar-refractivity contribution in [2.75, 3.05) is 0 Å². The van der Waals surface area contributed by atoms with Gasteiger partial charge in [0.1, 0.15) is 11.5 Å². The van der Waals surface area contributed by atoms with E-state index in [1.54, 1.807) is 45.3 Å². The van der Waals surface area contributed by atoms with E-state index in [4.69, 9.17) is 9.47 Å². The maximum absolute atomic E-state index is 11.4. The quantitative estimate of drug-likeness (QED) is 0.131. The molecule has 7 aromatic rings. The van der Waals surface area contributed by atoms with E-state index < -0.39 is 0 Å². The van der Waals surface area contributed by atoms with Crippen LogP contribution in [0.15, 0.2) is 66.4 Å². The molecule has 4 heterocycles. The van der Waals surface area contributed by atoms with E-state index in [9.17, 15) is 9.59 Å². The van der Waals surface area contributed by atoms with E-state index in [1.165, 1.54) is 52.8 Å². The fourth-order valence-corrected chi connectivity index (χ4v) is 13.4. The average Bonchev–Trinajstić information content (AvgIpc) is 3.63. The number of rotatable bonds is 4. The molecular formula is C30H14Br4O4S4. The van der Waals surface area contributed by atoms with Crippen molar-refractivity contribution >= 4 is 160 Å². The van der Waals surface area contributed by atoms with E-state index >= 15 is 0 Å². The van der Waals surface area contributed by atoms with Crippen LogP contribution >= 0.6 is 109 Å². The number of halogens is 4. The van der Waals surface area contributed by atoms with Crippen LogP contribution in [-0.4, -0.2) is 11.9 Å². The molecule has 0 bridgehead atoms. The monoisotopic (exact) mass is 882 g/mol. The molecule has 4 aromatic heterocycles. The van der Waals surface area contributed by atoms with Crippen LogP contribution in [0, 0.1) is 0 Å². The summed E-state index contributed by atoms with van der Waals surface area (Å²) >= 11 is 22.2. The fraction of sp³-hybridized carbons (Fsp3) is 0.0667. The predicted molar refractivity (Wildman–Crippen MR) is 192 cm³/mol. The number of hydrogen-bond acceptors (Lipinski definition) is 8. The van der Waals surface area contributed by atoms with Gasteiger partial charge in [0.25, 0.3) is 0 Å². The van der Waals surface area contributed by atoms with Crippen molar-refractivity contribution in [3.8, 4) is 32.4 Å². The molecule has 0 saturated carbocycles. The summed E-state index contributed by atoms with van der Waals surface area (Å²) < 4.78 is 21.8. The standard InChI is InChI=1S/C30H14Br4O4S4/c1-11(35)37-13-3-5-15(19(31)7-13)25-23(33)29-27(41-25)17-9-22-18(10-21(17)39-29)28-30(40-22)24(34)26(42-28)16-6-4-14(8-20(16)32)38-12(2)36/h3-10H,1-2H3. The fourth-order valence-electron chi connectivity index (χ4n) is 4.80. The van der Waals surface area contributed by atoms with Crippen molar-refractivity contribution in [2.24, 2.45) is 0 Å². The van der Waals surface area contributed by atoms with E-state index in [1.807, 2.05) is 36.4 Å². The molecule has 7 rings (SSSR count). The van der Waals surface area contributed by atoms with Crippen molar-refractivity contribution in [3.05, 3.63) is 66.4 Å². The number of carbonyl (C=O) groups is 2. The molecular weight excluding hydrogens is 872 g/mol. The molecule has 0 spiro atoms. The number of carbonyl (C=O) groups excluding carboxylic acids is 2. The SMILES string of the molecule is CC(=O)Oc1ccc(-c2sc3c(sc4cc5c(cc43)sc3c(Br)c(-c4ccc(OC(C)=O)cc4Br)sc35)c2Br)c(Br)c1. The van der Waals surface area contributed by atoms with Gasteiger partial charge in [-0.15, -0.1) is 45.3 Å². The molecule has 210 valence electrons. The Morgan fingerprint density at radius 2 is 0.976 bits per heavy atom. The average molecular weight is 886 g/mol. The van der Waals surface area contributed by atoms with E-state index in [-0.39, 0.29) is 11.9 Å². The molecule has 0 N–H and O–H groups in total. The number of esters is 2. The summed E-state index contributed by atoms with van der Waals surface area (Å²) in [6.07, 6.45) is 0. The molecule has 3 aromatic carbocycles. The maximum Gasteiger partial charge on any atom is 0.308 e. The molecule has 0 unspecified atom stereocenters. The molecule has 42 heavy (non-hydrogen) atoms. The second-order valence-electron chi connectivity index (χ2n) is 9.33. The topological polar surface area (TPSA) is 52.6 Å². The minimum absolute atomic E-state index is 0.343. The van der Waals surface area contributed by atoms with Crippen molar-refractivity contribution in [1.29, 1.82) is 0 Å². The Morgan fingerprint density at radius 3 is 1.33 bits per heavy atom. The molecule has 0 fully saturated rings. The van der Waals surface area contributed by atoms with Crippen molar-refractivity contribution in [2.45, 2.75) is 13.8 Å². The summed E-state index contributed by atoms with van der Waals surface area (Å²) in [4.78, 5) is 25.0. The Hall–Kier alpha value is -1.64. The highest BCUT2D eigenvalue weighted by molar-refractivity contribution is 9.11. The summed E-state index contributed by atoms with van der Waals surface area (Å²) in [6, 6.07) is 15.9. The zero-order chi connectivity index (χ0) is 29.4. The number of benzene rings is 3. The van der Waals surface area contributed by atoms with Crippen LogP contribution in [0.4, 0.5) is 0 Å². The zero-order valence-electron chi connectivity index (χ0n) is 21.4. The van der Waals surface area contributed by atoms with Crippen molar-refractivity contribution in [3.63, 3.8) is 0 Å². The first-order chi connectivity index (χ1) is 20.1. The lowest BCUT2D eigenvalue weighted by Gasteiger charge is -2.06. The summed E-state index contributed by atoms with van der Waals surface area (Å²) in [6.45, 7) is 2.79. The van der Waals surface area contributed by atoms with Crippen LogP contribution in [0.3, 0.4) is 0 Å². The lowest BCUT2D eigenvalue weighted by atomic mass is 10.1. The van der Waals surface area contributed by atoms with Gasteiger partial charge in [0.2, 0.25) is 0 Å². The minimum atomic E-state index is -0.343. The Morgan fingerprint density at radius 1 is 0.571 bits per heavy atom. The summed E-state index contributed by atoms with van der Waals surface area (Å²) in [5, 5.41) is 2.50. The number of hydrogen-bond donors (Lipinski definition) is 0. The third kappa shape index (κ3) is 4.92. The van der Waals surface area contributed by atoms with E-state index in [0.717, 1.165) is 38.8 Å². The van der Waals surface area contributed by atoms with E-state index in [2.05, 4.69) is 75.9 Å². The number of thiophene rings is 4. The summed E-state index contributed by atoms with van der Waals surface area (Å²) in [7, 11) is 0. The van der Waals surface area contributed by atoms with Gasteiger partial charge >= 0.3 is 11.9 Å². The van der Waals surface area contributed by atoms with Crippen LogP contribution in [0.25, 0.3) is 59.9 Å². The Balaban J connectivity index is 1.32. The highest BCUT2D eigenvalue weighted by Gasteiger charge is 2.23. The Kier molecular flexibility index (Phi) is 7.66. The smallest absolute Gasteiger partial charge is 0.308 e. The zero-order valence-corrected chi connectivity index (χ0v) is 31.0. The van der Waals surface area contributed by atoms with Crippen LogP contribution in [-0.2, 0) is 9.59 Å². The summed E-state index contributed by atoms with van der Waals surface area (Å²) in [5.41, 5.74) is 2.08. The van der Waals surface area contributed by atoms with Gasteiger partial charge in [0.15, 0.2) is 0 Å². The van der Waals surface area contributed by atoms with Gasteiger partial charge in [-0.3, -0.25) is 9.59 Å². The predicted octanol–water partition coefficient (Wildman–Crippen LogP) is 12.8. The molecule has 0 aliphatic heterocycles. The first-order valence-electron chi connectivity index (χ1n) is 12.2. The Labute approximate surface area is 288 Å². The molecule has 0 amide bonds. The number of fused-ring (bicyclic) bond motifs is 6. The highest BCUT2D eigenvalue weighted by Crippen LogP contribution is 2.54. The summed E-state index contributed by atoms with van der Waals surface area (Å²) in [5.74, 6) is 0.340. The molecule has 0 aliphatic carbocycles. The third-order valence-corrected chi connectivity index (χ3v) is 15.6. The van der Waals surface area contributed by atoms with Gasteiger partial charge in [-0.05, 0) is 112 Å². The Bertz CT molecular complexity index is 2110. The van der Waals surface area contributed by atoms with E-state index in [0.29, 0.717) is 11.5 Å². The van der Waals surface area contributed by atoms with Crippen LogP contribution in [0.1, 0.15) is 13.8 Å². The van der Waals surface area contributed by atoms with Gasteiger partial charge in [-0.25, -0.2) is 0 Å². The normalized spacial score (nSPS) is 11.8. The molecule has 4 nitrogen and oxygen atoms in total. The number of ether oxygens (including phenoxy) is 2. The van der Waals surface area contributed by atoms with Gasteiger partial charge < -0.3 is 9.47 Å². The molecule has 12 heteroatoms. The molecule has 0 saturated heterocycles. The van der Waals surface area contributed by atoms with Crippen molar-refractivity contribution < 1.29 is 19.1 Å².